The summed E-state index contributed by atoms with van der Waals surface area (Å²) in [5, 5.41) is 0. The SMILES string of the molecule is O=[Se]([O-])[O-].O=[Se]([O-])[O-].O=[Se]([O-])[O-].[Ga+3].[In+3]. The zero-order valence-electron chi connectivity index (χ0n) is 6.05. The van der Waals surface area contributed by atoms with Crippen LogP contribution in [-0.4, -0.2) is 89.1 Å². The summed E-state index contributed by atoms with van der Waals surface area (Å²) in [6.07, 6.45) is 0. The van der Waals surface area contributed by atoms with Gasteiger partial charge in [0.1, 0.15) is 0 Å². The van der Waals surface area contributed by atoms with Gasteiger partial charge in [0.15, 0.2) is 0 Å². The van der Waals surface area contributed by atoms with Crippen molar-refractivity contribution in [3.05, 3.63) is 0 Å². The Kier molecular flexibility index (Phi) is 52.1. The van der Waals surface area contributed by atoms with Crippen LogP contribution in [0, 0.1) is 0 Å². The van der Waals surface area contributed by atoms with Gasteiger partial charge in [-0.1, -0.05) is 0 Å². The molecule has 0 bridgehead atoms. The van der Waals surface area contributed by atoms with Crippen LogP contribution in [0.5, 0.6) is 0 Å². The summed E-state index contributed by atoms with van der Waals surface area (Å²) in [5.41, 5.74) is 0. The first-order valence-corrected chi connectivity index (χ1v) is 7.79. The van der Waals surface area contributed by atoms with E-state index in [4.69, 9.17) is 36.6 Å². The maximum absolute atomic E-state index is 8.54. The minimum absolute atomic E-state index is 0. The maximum Gasteiger partial charge on any atom is 3.00 e. The number of rotatable bonds is 0. The number of hydrogen-bond donors (Lipinski definition) is 0. The van der Waals surface area contributed by atoms with Gasteiger partial charge in [-0.3, -0.25) is 0 Å². The average Bonchev–Trinajstić information content (AvgIpc) is 1.54. The first kappa shape index (κ1) is 29.8. The molecule has 0 fully saturated rings. The second kappa shape index (κ2) is 24.5. The molecule has 14 heavy (non-hydrogen) atoms. The predicted octanol–water partition coefficient (Wildman–Crippen LogP) is -9.39. The van der Waals surface area contributed by atoms with E-state index in [1.54, 1.807) is 0 Å². The Morgan fingerprint density at radius 2 is 0.571 bits per heavy atom. The molecule has 0 heterocycles. The van der Waals surface area contributed by atoms with E-state index >= 15 is 0 Å². The van der Waals surface area contributed by atoms with Gasteiger partial charge < -0.3 is 0 Å². The standard InChI is InChI=1S/Ga.In.3H2O3Se/c;;3*1-4(2)3/h;;3*(H2,1,2,3)/q2*+3;;;/p-6. The van der Waals surface area contributed by atoms with Crippen molar-refractivity contribution in [2.75, 3.05) is 0 Å². The van der Waals surface area contributed by atoms with Crippen LogP contribution in [0.1, 0.15) is 0 Å². The van der Waals surface area contributed by atoms with Crippen molar-refractivity contribution in [1.82, 2.24) is 0 Å². The van der Waals surface area contributed by atoms with Gasteiger partial charge in [0.25, 0.3) is 0 Å². The van der Waals surface area contributed by atoms with Crippen LogP contribution in [-0.2, 0) is 11.5 Å². The molecular weight excluding hydrogens is 565 g/mol. The van der Waals surface area contributed by atoms with Crippen molar-refractivity contribution in [2.24, 2.45) is 0 Å². The molecule has 0 radical (unpaired) electrons. The van der Waals surface area contributed by atoms with Gasteiger partial charge in [0.2, 0.25) is 0 Å². The van der Waals surface area contributed by atoms with E-state index in [0.717, 1.165) is 0 Å². The fraction of sp³-hybridized carbons (Fsp3) is 0. The van der Waals surface area contributed by atoms with Crippen LogP contribution >= 0.6 is 0 Å². The largest absolute Gasteiger partial charge is 3.00 e. The van der Waals surface area contributed by atoms with E-state index in [-0.39, 0.29) is 45.6 Å². The summed E-state index contributed by atoms with van der Waals surface area (Å²) >= 11 is -11.4. The van der Waals surface area contributed by atoms with Crippen molar-refractivity contribution in [1.29, 1.82) is 0 Å². The Labute approximate surface area is 124 Å². The molecule has 0 aliphatic rings. The molecule has 9 nitrogen and oxygen atoms in total. The molecule has 0 aliphatic heterocycles. The van der Waals surface area contributed by atoms with Crippen LogP contribution in [0.2, 0.25) is 0 Å². The zero-order valence-corrected chi connectivity index (χ0v) is 16.9. The topological polar surface area (TPSA) is 190 Å². The summed E-state index contributed by atoms with van der Waals surface area (Å²) in [4.78, 5) is 0. The summed E-state index contributed by atoms with van der Waals surface area (Å²) in [5.74, 6) is 0. The Bertz CT molecular complexity index is 118. The molecule has 0 saturated carbocycles. The second-order valence-electron chi connectivity index (χ2n) is 0.612. The maximum atomic E-state index is 8.54. The van der Waals surface area contributed by atoms with Gasteiger partial charge in [-0.05, 0) is 0 Å². The van der Waals surface area contributed by atoms with Gasteiger partial charge in [-0.2, -0.15) is 0 Å². The van der Waals surface area contributed by atoms with E-state index in [1.807, 2.05) is 0 Å². The van der Waals surface area contributed by atoms with Crippen LogP contribution < -0.4 is 25.1 Å². The molecule has 0 aromatic rings. The molecule has 0 spiro atoms. The van der Waals surface area contributed by atoms with Crippen LogP contribution in [0.25, 0.3) is 0 Å². The van der Waals surface area contributed by atoms with Gasteiger partial charge in [0.05, 0.1) is 0 Å². The van der Waals surface area contributed by atoms with Gasteiger partial charge >= 0.3 is 126 Å². The van der Waals surface area contributed by atoms with Crippen molar-refractivity contribution in [3.8, 4) is 0 Å². The Morgan fingerprint density at radius 1 is 0.571 bits per heavy atom. The van der Waals surface area contributed by atoms with Gasteiger partial charge in [-0.25, -0.2) is 0 Å². The second-order valence-corrected chi connectivity index (χ2v) is 3.18. The quantitative estimate of drug-likeness (QED) is 0.257. The minimum Gasteiger partial charge on any atom is 3.00 e. The minimum atomic E-state index is -3.79. The summed E-state index contributed by atoms with van der Waals surface area (Å²) in [7, 11) is 0. The monoisotopic (exact) mass is 568 g/mol. The smallest absolute Gasteiger partial charge is 3.00 e. The Hall–Kier alpha value is 2.22. The molecule has 0 rings (SSSR count). The fourth-order valence-corrected chi connectivity index (χ4v) is 0. The molecule has 78 valence electrons. The molecular formula is GaInO9Se3. The van der Waals surface area contributed by atoms with Gasteiger partial charge in [-0.15, -0.1) is 0 Å². The normalized spacial score (nSPS) is 7.50. The summed E-state index contributed by atoms with van der Waals surface area (Å²) < 4.78 is 76.9. The molecule has 0 aromatic heterocycles. The summed E-state index contributed by atoms with van der Waals surface area (Å²) in [6, 6.07) is 0. The van der Waals surface area contributed by atoms with Crippen molar-refractivity contribution < 1.29 is 36.6 Å². The molecule has 0 aliphatic carbocycles. The van der Waals surface area contributed by atoms with E-state index < -0.39 is 43.5 Å². The Balaban J connectivity index is -0.0000000270. The average molecular weight is 565 g/mol. The molecule has 0 aromatic carbocycles. The molecule has 0 atom stereocenters. The van der Waals surface area contributed by atoms with Crippen LogP contribution in [0.4, 0.5) is 0 Å². The molecule has 14 heteroatoms. The summed E-state index contributed by atoms with van der Waals surface area (Å²) in [6.45, 7) is 0. The van der Waals surface area contributed by atoms with E-state index in [9.17, 15) is 0 Å². The molecule has 0 unspecified atom stereocenters. The van der Waals surface area contributed by atoms with Crippen LogP contribution in [0.15, 0.2) is 0 Å². The van der Waals surface area contributed by atoms with Crippen molar-refractivity contribution in [3.63, 3.8) is 0 Å². The molecule has 0 amide bonds. The van der Waals surface area contributed by atoms with Crippen molar-refractivity contribution >= 4 is 89.1 Å². The first-order valence-electron chi connectivity index (χ1n) is 1.50. The Morgan fingerprint density at radius 3 is 0.571 bits per heavy atom. The van der Waals surface area contributed by atoms with Crippen LogP contribution in [0.3, 0.4) is 0 Å². The van der Waals surface area contributed by atoms with Crippen molar-refractivity contribution in [2.45, 2.75) is 0 Å². The molecule has 0 saturated heterocycles. The predicted molar refractivity (Wildman–Crippen MR) is 30.8 cm³/mol. The third-order valence-electron chi connectivity index (χ3n) is 0. The number of hydrogen-bond acceptors (Lipinski definition) is 9. The van der Waals surface area contributed by atoms with E-state index in [2.05, 4.69) is 0 Å². The fourth-order valence-electron chi connectivity index (χ4n) is 0. The van der Waals surface area contributed by atoms with Gasteiger partial charge in [0, 0.05) is 0 Å². The first-order chi connectivity index (χ1) is 5.20. The molecule has 0 N–H and O–H groups in total. The third kappa shape index (κ3) is 503. The zero-order chi connectivity index (χ0) is 10.7. The van der Waals surface area contributed by atoms with E-state index in [0.29, 0.717) is 0 Å². The third-order valence-corrected chi connectivity index (χ3v) is 0. The van der Waals surface area contributed by atoms with E-state index in [1.165, 1.54) is 0 Å².